The van der Waals surface area contributed by atoms with Crippen molar-refractivity contribution < 1.29 is 42.1 Å². The summed E-state index contributed by atoms with van der Waals surface area (Å²) in [5.41, 5.74) is -0.784. The van der Waals surface area contributed by atoms with Crippen LogP contribution in [0, 0.1) is 0 Å². The Hall–Kier alpha value is -3.11. The highest BCUT2D eigenvalue weighted by Gasteiger charge is 2.41. The normalized spacial score (nSPS) is 15.1. The molecule has 0 unspecified atom stereocenters. The lowest BCUT2D eigenvalue weighted by atomic mass is 10.2. The Labute approximate surface area is 143 Å². The fraction of sp³-hybridized carbons (Fsp3) is 0.333. The fourth-order valence-corrected chi connectivity index (χ4v) is 2.30. The second-order valence-corrected chi connectivity index (χ2v) is 5.79. The SMILES string of the molecule is CC1(C)Oc2cc3nc(COC(=O)C(F)(F)F)c(C(=O)O)nc3cc2O1. The van der Waals surface area contributed by atoms with Gasteiger partial charge in [0, 0.05) is 26.0 Å². The number of fused-ring (bicyclic) bond motifs is 2. The number of halogens is 3. The number of alkyl halides is 3. The highest BCUT2D eigenvalue weighted by atomic mass is 19.4. The zero-order chi connectivity index (χ0) is 19.3. The molecule has 3 rings (SSSR count). The van der Waals surface area contributed by atoms with Gasteiger partial charge in [-0.1, -0.05) is 0 Å². The lowest BCUT2D eigenvalue weighted by molar-refractivity contribution is -0.201. The first kappa shape index (κ1) is 17.7. The fourth-order valence-electron chi connectivity index (χ4n) is 2.30. The van der Waals surface area contributed by atoms with Crippen molar-refractivity contribution >= 4 is 23.0 Å². The average Bonchev–Trinajstić information content (AvgIpc) is 2.80. The number of carbonyl (C=O) groups excluding carboxylic acids is 1. The predicted molar refractivity (Wildman–Crippen MR) is 77.7 cm³/mol. The van der Waals surface area contributed by atoms with E-state index in [1.165, 1.54) is 12.1 Å². The molecule has 0 aliphatic carbocycles. The van der Waals surface area contributed by atoms with Gasteiger partial charge in [-0.15, -0.1) is 0 Å². The third kappa shape index (κ3) is 3.32. The molecule has 0 bridgehead atoms. The van der Waals surface area contributed by atoms with Crippen LogP contribution < -0.4 is 9.47 Å². The molecule has 1 aromatic heterocycles. The molecule has 8 nitrogen and oxygen atoms in total. The second kappa shape index (κ2) is 5.71. The third-order valence-electron chi connectivity index (χ3n) is 3.29. The van der Waals surface area contributed by atoms with E-state index in [9.17, 15) is 27.9 Å². The first-order chi connectivity index (χ1) is 12.0. The molecule has 0 amide bonds. The number of esters is 1. The first-order valence-corrected chi connectivity index (χ1v) is 7.16. The highest BCUT2D eigenvalue weighted by molar-refractivity contribution is 5.90. The minimum absolute atomic E-state index is 0.133. The van der Waals surface area contributed by atoms with Gasteiger partial charge < -0.3 is 19.3 Å². The zero-order valence-electron chi connectivity index (χ0n) is 13.4. The summed E-state index contributed by atoms with van der Waals surface area (Å²) in [6.07, 6.45) is -5.20. The molecule has 1 aromatic carbocycles. The van der Waals surface area contributed by atoms with Crippen LogP contribution in [0.5, 0.6) is 11.5 Å². The Morgan fingerprint density at radius 2 is 1.69 bits per heavy atom. The van der Waals surface area contributed by atoms with E-state index >= 15 is 0 Å². The van der Waals surface area contributed by atoms with Gasteiger partial charge in [-0.3, -0.25) is 0 Å². The van der Waals surface area contributed by atoms with Crippen molar-refractivity contribution in [2.75, 3.05) is 0 Å². The van der Waals surface area contributed by atoms with Crippen molar-refractivity contribution in [1.29, 1.82) is 0 Å². The van der Waals surface area contributed by atoms with E-state index in [0.717, 1.165) is 0 Å². The summed E-state index contributed by atoms with van der Waals surface area (Å²) in [5, 5.41) is 9.21. The minimum Gasteiger partial charge on any atom is -0.476 e. The quantitative estimate of drug-likeness (QED) is 0.819. The topological polar surface area (TPSA) is 108 Å². The first-order valence-electron chi connectivity index (χ1n) is 7.16. The molecule has 1 aliphatic heterocycles. The van der Waals surface area contributed by atoms with Gasteiger partial charge in [0.2, 0.25) is 5.79 Å². The number of carboxylic acids is 1. The number of aromatic carboxylic acids is 1. The van der Waals surface area contributed by atoms with Crippen molar-refractivity contribution in [3.8, 4) is 11.5 Å². The van der Waals surface area contributed by atoms with Crippen molar-refractivity contribution in [3.05, 3.63) is 23.5 Å². The van der Waals surface area contributed by atoms with E-state index in [1.807, 2.05) is 0 Å². The summed E-state index contributed by atoms with van der Waals surface area (Å²) in [5.74, 6) is -4.29. The second-order valence-electron chi connectivity index (χ2n) is 5.79. The van der Waals surface area contributed by atoms with Gasteiger partial charge >= 0.3 is 18.1 Å². The molecule has 138 valence electrons. The largest absolute Gasteiger partial charge is 0.490 e. The van der Waals surface area contributed by atoms with Crippen molar-refractivity contribution in [2.45, 2.75) is 32.4 Å². The van der Waals surface area contributed by atoms with Crippen LogP contribution in [0.3, 0.4) is 0 Å². The van der Waals surface area contributed by atoms with Crippen molar-refractivity contribution in [3.63, 3.8) is 0 Å². The lowest BCUT2D eigenvalue weighted by Crippen LogP contribution is -2.29. The molecule has 0 atom stereocenters. The van der Waals surface area contributed by atoms with Gasteiger partial charge in [0.15, 0.2) is 17.2 Å². The van der Waals surface area contributed by atoms with E-state index in [-0.39, 0.29) is 11.0 Å². The number of hydrogen-bond donors (Lipinski definition) is 1. The minimum atomic E-state index is -5.20. The van der Waals surface area contributed by atoms with E-state index in [2.05, 4.69) is 14.7 Å². The number of carbonyl (C=O) groups is 2. The van der Waals surface area contributed by atoms with Crippen LogP contribution in [0.1, 0.15) is 30.0 Å². The number of aromatic nitrogens is 2. The van der Waals surface area contributed by atoms with Crippen LogP contribution in [0.15, 0.2) is 12.1 Å². The van der Waals surface area contributed by atoms with Gasteiger partial charge in [0.05, 0.1) is 11.0 Å². The van der Waals surface area contributed by atoms with Gasteiger partial charge in [-0.25, -0.2) is 19.6 Å². The highest BCUT2D eigenvalue weighted by Crippen LogP contribution is 2.41. The molecule has 1 aliphatic rings. The maximum Gasteiger partial charge on any atom is 0.490 e. The number of hydrogen-bond acceptors (Lipinski definition) is 7. The van der Waals surface area contributed by atoms with Crippen molar-refractivity contribution in [1.82, 2.24) is 9.97 Å². The molecule has 2 aromatic rings. The summed E-state index contributed by atoms with van der Waals surface area (Å²) in [7, 11) is 0. The van der Waals surface area contributed by atoms with Crippen LogP contribution in [0.2, 0.25) is 0 Å². The van der Waals surface area contributed by atoms with Crippen molar-refractivity contribution in [2.24, 2.45) is 0 Å². The average molecular weight is 372 g/mol. The number of nitrogens with zero attached hydrogens (tertiary/aromatic N) is 2. The number of benzene rings is 1. The molecule has 11 heteroatoms. The number of ether oxygens (including phenoxy) is 3. The van der Waals surface area contributed by atoms with E-state index in [0.29, 0.717) is 11.5 Å². The molecule has 0 saturated carbocycles. The maximum atomic E-state index is 12.2. The predicted octanol–water partition coefficient (Wildman–Crippen LogP) is 2.44. The molecule has 0 saturated heterocycles. The van der Waals surface area contributed by atoms with Crippen LogP contribution in [0.25, 0.3) is 11.0 Å². The van der Waals surface area contributed by atoms with Gasteiger partial charge in [0.25, 0.3) is 0 Å². The van der Waals surface area contributed by atoms with Gasteiger partial charge in [0.1, 0.15) is 12.3 Å². The standard InChI is InChI=1S/C15H11F3N2O6/c1-14(2)25-9-3-6-7(4-10(9)26-14)20-11(12(21)22)8(19-6)5-24-13(23)15(16,17)18/h3-4H,5H2,1-2H3,(H,21,22). The van der Waals surface area contributed by atoms with E-state index in [4.69, 9.17) is 9.47 Å². The van der Waals surface area contributed by atoms with Gasteiger partial charge in [-0.05, 0) is 0 Å². The smallest absolute Gasteiger partial charge is 0.476 e. The summed E-state index contributed by atoms with van der Waals surface area (Å²) in [6, 6.07) is 2.82. The van der Waals surface area contributed by atoms with Crippen LogP contribution in [-0.4, -0.2) is 39.0 Å². The molecule has 2 heterocycles. The Balaban J connectivity index is 2.00. The Morgan fingerprint density at radius 3 is 2.19 bits per heavy atom. The zero-order valence-corrected chi connectivity index (χ0v) is 13.4. The molecule has 1 N–H and O–H groups in total. The summed E-state index contributed by atoms with van der Waals surface area (Å²) in [6.45, 7) is 2.31. The molecular weight excluding hydrogens is 361 g/mol. The summed E-state index contributed by atoms with van der Waals surface area (Å²) >= 11 is 0. The Kier molecular flexibility index (Phi) is 3.89. The van der Waals surface area contributed by atoms with Crippen LogP contribution >= 0.6 is 0 Å². The molecule has 0 radical (unpaired) electrons. The molecule has 26 heavy (non-hydrogen) atoms. The lowest BCUT2D eigenvalue weighted by Gasteiger charge is -2.16. The van der Waals surface area contributed by atoms with Crippen LogP contribution in [-0.2, 0) is 16.1 Å². The van der Waals surface area contributed by atoms with E-state index < -0.39 is 41.9 Å². The Bertz CT molecular complexity index is 926. The third-order valence-corrected chi connectivity index (χ3v) is 3.29. The molecular formula is C15H11F3N2O6. The monoisotopic (exact) mass is 372 g/mol. The van der Waals surface area contributed by atoms with Crippen LogP contribution in [0.4, 0.5) is 13.2 Å². The molecule has 0 fully saturated rings. The summed E-state index contributed by atoms with van der Waals surface area (Å²) in [4.78, 5) is 30.0. The number of rotatable bonds is 3. The summed E-state index contributed by atoms with van der Waals surface area (Å²) < 4.78 is 51.8. The maximum absolute atomic E-state index is 12.2. The van der Waals surface area contributed by atoms with Gasteiger partial charge in [-0.2, -0.15) is 13.2 Å². The Morgan fingerprint density at radius 1 is 1.15 bits per heavy atom. The number of carboxylic acid groups (broad SMARTS) is 1. The van der Waals surface area contributed by atoms with E-state index in [1.54, 1.807) is 13.8 Å². The molecule has 0 spiro atoms.